The van der Waals surface area contributed by atoms with E-state index in [1.807, 2.05) is 20.8 Å². The van der Waals surface area contributed by atoms with Crippen LogP contribution in [-0.4, -0.2) is 9.78 Å². The van der Waals surface area contributed by atoms with Crippen LogP contribution in [0.4, 0.5) is 0 Å². The van der Waals surface area contributed by atoms with Gasteiger partial charge in [0.05, 0.1) is 16.6 Å². The Labute approximate surface area is 159 Å². The van der Waals surface area contributed by atoms with Crippen LogP contribution in [0.5, 0.6) is 0 Å². The molecule has 0 saturated carbocycles. The van der Waals surface area contributed by atoms with E-state index in [2.05, 4.69) is 57.1 Å². The van der Waals surface area contributed by atoms with Crippen molar-refractivity contribution in [1.82, 2.24) is 9.78 Å². The molecule has 2 aromatic rings. The quantitative estimate of drug-likeness (QED) is 0.633. The van der Waals surface area contributed by atoms with Gasteiger partial charge in [0.2, 0.25) is 0 Å². The van der Waals surface area contributed by atoms with Gasteiger partial charge in [0.1, 0.15) is 5.02 Å². The first-order chi connectivity index (χ1) is 11.4. The highest BCUT2D eigenvalue weighted by Crippen LogP contribution is 2.37. The molecule has 0 aliphatic carbocycles. The van der Waals surface area contributed by atoms with E-state index in [9.17, 15) is 4.79 Å². The third-order valence-electron chi connectivity index (χ3n) is 4.07. The van der Waals surface area contributed by atoms with E-state index in [0.717, 1.165) is 4.90 Å². The average molecular weight is 379 g/mol. The SMILES string of the molecule is CC(Sc1cnn(C(C)(C)C)c(=O)c1Cl)c1ccc(C(C)(C)C)cc1. The van der Waals surface area contributed by atoms with Gasteiger partial charge in [0.15, 0.2) is 0 Å². The van der Waals surface area contributed by atoms with Crippen LogP contribution in [0, 0.1) is 0 Å². The van der Waals surface area contributed by atoms with Crippen molar-refractivity contribution in [2.24, 2.45) is 0 Å². The number of halogens is 1. The Kier molecular flexibility index (Phi) is 5.75. The number of hydrogen-bond acceptors (Lipinski definition) is 3. The summed E-state index contributed by atoms with van der Waals surface area (Å²) in [7, 11) is 0. The highest BCUT2D eigenvalue weighted by atomic mass is 35.5. The Balaban J connectivity index is 2.25. The molecule has 1 aromatic heterocycles. The van der Waals surface area contributed by atoms with Gasteiger partial charge < -0.3 is 0 Å². The monoisotopic (exact) mass is 378 g/mol. The molecule has 0 spiro atoms. The minimum atomic E-state index is -0.391. The van der Waals surface area contributed by atoms with Crippen molar-refractivity contribution < 1.29 is 0 Å². The van der Waals surface area contributed by atoms with E-state index in [4.69, 9.17) is 11.6 Å². The predicted molar refractivity (Wildman–Crippen MR) is 108 cm³/mol. The van der Waals surface area contributed by atoms with Gasteiger partial charge in [-0.25, -0.2) is 4.68 Å². The maximum absolute atomic E-state index is 12.5. The third kappa shape index (κ3) is 4.68. The smallest absolute Gasteiger partial charge is 0.266 e. The van der Waals surface area contributed by atoms with Gasteiger partial charge in [0.25, 0.3) is 5.56 Å². The summed E-state index contributed by atoms with van der Waals surface area (Å²) in [6.07, 6.45) is 1.69. The zero-order valence-corrected chi connectivity index (χ0v) is 17.6. The van der Waals surface area contributed by atoms with Crippen molar-refractivity contribution in [2.45, 2.75) is 69.6 Å². The second-order valence-corrected chi connectivity index (χ2v) is 10.1. The molecule has 1 unspecified atom stereocenters. The van der Waals surface area contributed by atoms with E-state index < -0.39 is 5.54 Å². The molecule has 0 bridgehead atoms. The molecule has 0 aliphatic rings. The van der Waals surface area contributed by atoms with E-state index in [1.165, 1.54) is 15.8 Å². The number of nitrogens with zero attached hydrogens (tertiary/aromatic N) is 2. The molecular weight excluding hydrogens is 352 g/mol. The first-order valence-electron chi connectivity index (χ1n) is 8.46. The molecular formula is C20H27ClN2OS. The van der Waals surface area contributed by atoms with E-state index in [-0.39, 0.29) is 21.2 Å². The molecule has 2 rings (SSSR count). The Hall–Kier alpha value is -1.26. The van der Waals surface area contributed by atoms with Crippen molar-refractivity contribution in [1.29, 1.82) is 0 Å². The maximum atomic E-state index is 12.5. The molecule has 136 valence electrons. The number of aromatic nitrogens is 2. The van der Waals surface area contributed by atoms with Gasteiger partial charge >= 0.3 is 0 Å². The highest BCUT2D eigenvalue weighted by Gasteiger charge is 2.21. The molecule has 3 nitrogen and oxygen atoms in total. The van der Waals surface area contributed by atoms with Gasteiger partial charge in [-0.3, -0.25) is 4.79 Å². The lowest BCUT2D eigenvalue weighted by Crippen LogP contribution is -2.36. The van der Waals surface area contributed by atoms with Crippen LogP contribution in [0.3, 0.4) is 0 Å². The lowest BCUT2D eigenvalue weighted by atomic mass is 9.86. The van der Waals surface area contributed by atoms with Crippen molar-refractivity contribution in [3.05, 3.63) is 57.0 Å². The van der Waals surface area contributed by atoms with Crippen LogP contribution < -0.4 is 5.56 Å². The van der Waals surface area contributed by atoms with E-state index in [1.54, 1.807) is 18.0 Å². The Bertz CT molecular complexity index is 798. The van der Waals surface area contributed by atoms with Crippen LogP contribution in [0.1, 0.15) is 64.8 Å². The van der Waals surface area contributed by atoms with E-state index >= 15 is 0 Å². The predicted octanol–water partition coefficient (Wildman–Crippen LogP) is 5.80. The van der Waals surface area contributed by atoms with Crippen molar-refractivity contribution >= 4 is 23.4 Å². The Morgan fingerprint density at radius 3 is 2.12 bits per heavy atom. The fraction of sp³-hybridized carbons (Fsp3) is 0.500. The van der Waals surface area contributed by atoms with Crippen LogP contribution in [0.25, 0.3) is 0 Å². The molecule has 0 saturated heterocycles. The average Bonchev–Trinajstić information content (AvgIpc) is 2.50. The summed E-state index contributed by atoms with van der Waals surface area (Å²) in [6, 6.07) is 8.64. The molecule has 25 heavy (non-hydrogen) atoms. The molecule has 5 heteroatoms. The normalized spacial score (nSPS) is 13.8. The summed E-state index contributed by atoms with van der Waals surface area (Å²) in [5.41, 5.74) is 2.02. The molecule has 1 heterocycles. The number of thioether (sulfide) groups is 1. The van der Waals surface area contributed by atoms with Crippen molar-refractivity contribution in [3.63, 3.8) is 0 Å². The van der Waals surface area contributed by atoms with Crippen LogP contribution in [-0.2, 0) is 11.0 Å². The number of rotatable bonds is 3. The first-order valence-corrected chi connectivity index (χ1v) is 9.72. The number of benzene rings is 1. The zero-order chi connectivity index (χ0) is 19.0. The summed E-state index contributed by atoms with van der Waals surface area (Å²) in [4.78, 5) is 13.2. The summed E-state index contributed by atoms with van der Waals surface area (Å²) in [6.45, 7) is 14.5. The Morgan fingerprint density at radius 2 is 1.64 bits per heavy atom. The fourth-order valence-corrected chi connectivity index (χ4v) is 3.73. The second-order valence-electron chi connectivity index (χ2n) is 8.34. The van der Waals surface area contributed by atoms with Gasteiger partial charge in [-0.2, -0.15) is 5.10 Å². The highest BCUT2D eigenvalue weighted by molar-refractivity contribution is 7.99. The minimum absolute atomic E-state index is 0.139. The van der Waals surface area contributed by atoms with Crippen molar-refractivity contribution in [2.75, 3.05) is 0 Å². The summed E-state index contributed by atoms with van der Waals surface area (Å²) in [5, 5.41) is 4.72. The van der Waals surface area contributed by atoms with Crippen LogP contribution in [0.2, 0.25) is 5.02 Å². The largest absolute Gasteiger partial charge is 0.287 e. The van der Waals surface area contributed by atoms with Crippen LogP contribution in [0.15, 0.2) is 40.2 Å². The van der Waals surface area contributed by atoms with Gasteiger partial charge in [-0.05, 0) is 44.2 Å². The topological polar surface area (TPSA) is 34.9 Å². The third-order valence-corrected chi connectivity index (χ3v) is 5.74. The van der Waals surface area contributed by atoms with Crippen molar-refractivity contribution in [3.8, 4) is 0 Å². The second kappa shape index (κ2) is 7.16. The maximum Gasteiger partial charge on any atom is 0.287 e. The summed E-state index contributed by atoms with van der Waals surface area (Å²) < 4.78 is 1.43. The molecule has 0 amide bonds. The van der Waals surface area contributed by atoms with Gasteiger partial charge in [0, 0.05) is 5.25 Å². The minimum Gasteiger partial charge on any atom is -0.266 e. The molecule has 0 radical (unpaired) electrons. The van der Waals surface area contributed by atoms with Gasteiger partial charge in [-0.15, -0.1) is 11.8 Å². The lowest BCUT2D eigenvalue weighted by Gasteiger charge is -2.22. The lowest BCUT2D eigenvalue weighted by molar-refractivity contribution is 0.336. The van der Waals surface area contributed by atoms with Gasteiger partial charge in [-0.1, -0.05) is 56.6 Å². The molecule has 1 aromatic carbocycles. The fourth-order valence-electron chi connectivity index (χ4n) is 2.49. The van der Waals surface area contributed by atoms with Crippen LogP contribution >= 0.6 is 23.4 Å². The zero-order valence-electron chi connectivity index (χ0n) is 16.1. The molecule has 1 atom stereocenters. The first kappa shape index (κ1) is 20.1. The molecule has 0 fully saturated rings. The molecule has 0 N–H and O–H groups in total. The summed E-state index contributed by atoms with van der Waals surface area (Å²) in [5.74, 6) is 0. The Morgan fingerprint density at radius 1 is 1.08 bits per heavy atom. The number of hydrogen-bond donors (Lipinski definition) is 0. The summed E-state index contributed by atoms with van der Waals surface area (Å²) >= 11 is 7.89. The standard InChI is InChI=1S/C20H27ClN2OS/c1-13(14-8-10-15(11-9-14)19(2,3)4)25-16-12-22-23(20(5,6)7)18(24)17(16)21/h8-13H,1-7H3. The van der Waals surface area contributed by atoms with E-state index in [0.29, 0.717) is 0 Å². The molecule has 0 aliphatic heterocycles.